The molecule has 0 rings (SSSR count). The van der Waals surface area contributed by atoms with E-state index in [4.69, 9.17) is 0 Å². The zero-order valence-electron chi connectivity index (χ0n) is 7.13. The maximum absolute atomic E-state index is 10.8. The molecular formula is C8H13NO3. The third-order valence-corrected chi connectivity index (χ3v) is 1.11. The molecule has 0 aromatic carbocycles. The molecule has 0 aliphatic heterocycles. The van der Waals surface area contributed by atoms with Gasteiger partial charge < -0.3 is 10.1 Å². The summed E-state index contributed by atoms with van der Waals surface area (Å²) in [6.45, 7) is 5.75. The minimum Gasteiger partial charge on any atom is -0.462 e. The number of carbonyl (C=O) groups excluding carboxylic acids is 2. The largest absolute Gasteiger partial charge is 0.462 e. The minimum absolute atomic E-state index is 0.108. The summed E-state index contributed by atoms with van der Waals surface area (Å²) < 4.78 is 4.59. The van der Waals surface area contributed by atoms with E-state index in [0.29, 0.717) is 6.54 Å². The van der Waals surface area contributed by atoms with Crippen LogP contribution in [0.3, 0.4) is 0 Å². The van der Waals surface area contributed by atoms with Gasteiger partial charge in [0.15, 0.2) is 0 Å². The Morgan fingerprint density at radius 2 is 2.25 bits per heavy atom. The smallest absolute Gasteiger partial charge is 0.330 e. The Balaban J connectivity index is 3.36. The molecule has 4 heteroatoms. The third kappa shape index (κ3) is 5.46. The lowest BCUT2D eigenvalue weighted by Crippen LogP contribution is -2.24. The van der Waals surface area contributed by atoms with E-state index in [1.807, 2.05) is 6.92 Å². The van der Waals surface area contributed by atoms with Gasteiger partial charge in [0.2, 0.25) is 5.91 Å². The van der Waals surface area contributed by atoms with Gasteiger partial charge in [0.05, 0.1) is 6.42 Å². The third-order valence-electron chi connectivity index (χ3n) is 1.11. The van der Waals surface area contributed by atoms with Crippen molar-refractivity contribution in [2.75, 3.05) is 13.2 Å². The van der Waals surface area contributed by atoms with Gasteiger partial charge in [-0.05, 0) is 6.92 Å². The second kappa shape index (κ2) is 6.39. The molecule has 1 N–H and O–H groups in total. The van der Waals surface area contributed by atoms with Crippen LogP contribution in [0.25, 0.3) is 0 Å². The quantitative estimate of drug-likeness (QED) is 0.476. The molecule has 0 atom stereocenters. The second-order valence-corrected chi connectivity index (χ2v) is 2.08. The van der Waals surface area contributed by atoms with Gasteiger partial charge in [0, 0.05) is 12.6 Å². The monoisotopic (exact) mass is 171 g/mol. The number of rotatable bonds is 5. The summed E-state index contributed by atoms with van der Waals surface area (Å²) in [5.74, 6) is -0.617. The van der Waals surface area contributed by atoms with Crippen LogP contribution in [0, 0.1) is 0 Å². The van der Waals surface area contributed by atoms with Gasteiger partial charge in [-0.25, -0.2) is 4.79 Å². The SMILES string of the molecule is C=CC(=O)OCCC(=O)NCC. The van der Waals surface area contributed by atoms with Crippen LogP contribution in [0.5, 0.6) is 0 Å². The fourth-order valence-corrected chi connectivity index (χ4v) is 0.589. The number of ether oxygens (including phenoxy) is 1. The van der Waals surface area contributed by atoms with Gasteiger partial charge in [-0.3, -0.25) is 4.79 Å². The summed E-state index contributed by atoms with van der Waals surface area (Å²) in [4.78, 5) is 21.3. The van der Waals surface area contributed by atoms with E-state index in [1.54, 1.807) is 0 Å². The van der Waals surface area contributed by atoms with Crippen molar-refractivity contribution in [2.24, 2.45) is 0 Å². The number of amides is 1. The molecule has 1 amide bonds. The van der Waals surface area contributed by atoms with Gasteiger partial charge in [-0.1, -0.05) is 6.58 Å². The Bertz CT molecular complexity index is 177. The van der Waals surface area contributed by atoms with Crippen LogP contribution in [-0.4, -0.2) is 25.0 Å². The van der Waals surface area contributed by atoms with E-state index in [1.165, 1.54) is 0 Å². The fraction of sp³-hybridized carbons (Fsp3) is 0.500. The summed E-state index contributed by atoms with van der Waals surface area (Å²) in [5, 5.41) is 2.58. The molecule has 0 aliphatic rings. The van der Waals surface area contributed by atoms with E-state index in [-0.39, 0.29) is 18.9 Å². The first-order valence-corrected chi connectivity index (χ1v) is 3.76. The molecule has 0 unspecified atom stereocenters. The zero-order chi connectivity index (χ0) is 9.40. The van der Waals surface area contributed by atoms with Crippen LogP contribution < -0.4 is 5.32 Å². The highest BCUT2D eigenvalue weighted by Crippen LogP contribution is 1.84. The number of esters is 1. The van der Waals surface area contributed by atoms with Gasteiger partial charge in [0.1, 0.15) is 6.61 Å². The standard InChI is InChI=1S/C8H13NO3/c1-3-8(11)12-6-5-7(10)9-4-2/h3H,1,4-6H2,2H3,(H,9,10). The molecule has 0 saturated heterocycles. The minimum atomic E-state index is -0.501. The maximum atomic E-state index is 10.8. The lowest BCUT2D eigenvalue weighted by atomic mass is 10.4. The van der Waals surface area contributed by atoms with Crippen molar-refractivity contribution >= 4 is 11.9 Å². The topological polar surface area (TPSA) is 55.4 Å². The highest BCUT2D eigenvalue weighted by molar-refractivity contribution is 5.81. The molecule has 0 radical (unpaired) electrons. The molecule has 0 fully saturated rings. The van der Waals surface area contributed by atoms with Crippen LogP contribution in [-0.2, 0) is 14.3 Å². The van der Waals surface area contributed by atoms with Gasteiger partial charge in [-0.2, -0.15) is 0 Å². The van der Waals surface area contributed by atoms with Crippen LogP contribution in [0.2, 0.25) is 0 Å². The van der Waals surface area contributed by atoms with Crippen LogP contribution in [0.15, 0.2) is 12.7 Å². The summed E-state index contributed by atoms with van der Waals surface area (Å²) in [6.07, 6.45) is 1.27. The van der Waals surface area contributed by atoms with Crippen LogP contribution in [0.1, 0.15) is 13.3 Å². The summed E-state index contributed by atoms with van der Waals surface area (Å²) in [5.41, 5.74) is 0. The fourth-order valence-electron chi connectivity index (χ4n) is 0.589. The van der Waals surface area contributed by atoms with E-state index in [2.05, 4.69) is 16.6 Å². The molecule has 0 aromatic heterocycles. The highest BCUT2D eigenvalue weighted by Gasteiger charge is 2.00. The van der Waals surface area contributed by atoms with Gasteiger partial charge in [-0.15, -0.1) is 0 Å². The molecular weight excluding hydrogens is 158 g/mol. The van der Waals surface area contributed by atoms with Crippen molar-refractivity contribution < 1.29 is 14.3 Å². The average Bonchev–Trinajstić information content (AvgIpc) is 2.04. The van der Waals surface area contributed by atoms with Crippen LogP contribution >= 0.6 is 0 Å². The van der Waals surface area contributed by atoms with E-state index in [0.717, 1.165) is 6.08 Å². The summed E-state index contributed by atoms with van der Waals surface area (Å²) in [6, 6.07) is 0. The Labute approximate surface area is 71.6 Å². The highest BCUT2D eigenvalue weighted by atomic mass is 16.5. The van der Waals surface area contributed by atoms with Crippen molar-refractivity contribution in [3.63, 3.8) is 0 Å². The predicted octanol–water partition coefficient (Wildman–Crippen LogP) is 0.242. The maximum Gasteiger partial charge on any atom is 0.330 e. The molecule has 0 heterocycles. The van der Waals surface area contributed by atoms with Crippen molar-refractivity contribution in [1.29, 1.82) is 0 Å². The Hall–Kier alpha value is -1.32. The Morgan fingerprint density at radius 3 is 2.75 bits per heavy atom. The summed E-state index contributed by atoms with van der Waals surface area (Å²) >= 11 is 0. The van der Waals surface area contributed by atoms with Gasteiger partial charge >= 0.3 is 5.97 Å². The molecule has 0 aliphatic carbocycles. The van der Waals surface area contributed by atoms with Crippen molar-refractivity contribution in [3.8, 4) is 0 Å². The number of carbonyl (C=O) groups is 2. The van der Waals surface area contributed by atoms with Crippen LogP contribution in [0.4, 0.5) is 0 Å². The number of hydrogen-bond donors (Lipinski definition) is 1. The molecule has 68 valence electrons. The van der Waals surface area contributed by atoms with Crippen molar-refractivity contribution in [2.45, 2.75) is 13.3 Å². The first-order valence-electron chi connectivity index (χ1n) is 3.76. The Morgan fingerprint density at radius 1 is 1.58 bits per heavy atom. The van der Waals surface area contributed by atoms with E-state index < -0.39 is 5.97 Å². The first kappa shape index (κ1) is 10.7. The zero-order valence-corrected chi connectivity index (χ0v) is 7.13. The number of hydrogen-bond acceptors (Lipinski definition) is 3. The second-order valence-electron chi connectivity index (χ2n) is 2.08. The van der Waals surface area contributed by atoms with Gasteiger partial charge in [0.25, 0.3) is 0 Å². The van der Waals surface area contributed by atoms with Crippen molar-refractivity contribution in [1.82, 2.24) is 5.32 Å². The lowest BCUT2D eigenvalue weighted by molar-refractivity contribution is -0.138. The molecule has 0 saturated carbocycles. The predicted molar refractivity (Wildman–Crippen MR) is 44.5 cm³/mol. The molecule has 0 bridgehead atoms. The molecule has 12 heavy (non-hydrogen) atoms. The van der Waals surface area contributed by atoms with E-state index >= 15 is 0 Å². The average molecular weight is 171 g/mol. The normalized spacial score (nSPS) is 8.75. The lowest BCUT2D eigenvalue weighted by Gasteiger charge is -2.01. The first-order chi connectivity index (χ1) is 5.70. The Kier molecular flexibility index (Phi) is 5.69. The van der Waals surface area contributed by atoms with E-state index in [9.17, 15) is 9.59 Å². The number of nitrogens with one attached hydrogen (secondary N) is 1. The molecule has 4 nitrogen and oxygen atoms in total. The molecule has 0 aromatic rings. The molecule has 0 spiro atoms. The summed E-state index contributed by atoms with van der Waals surface area (Å²) in [7, 11) is 0. The van der Waals surface area contributed by atoms with Crippen molar-refractivity contribution in [3.05, 3.63) is 12.7 Å².